The van der Waals surface area contributed by atoms with E-state index in [2.05, 4.69) is 45.6 Å². The molecule has 1 atom stereocenters. The summed E-state index contributed by atoms with van der Waals surface area (Å²) in [7, 11) is 0. The number of rotatable bonds is 6. The SMILES string of the molecule is CC(Cc1ccc2ccccc2c1)NC(=O)CCc1ncc[nH]1. The average Bonchev–Trinajstić information content (AvgIpc) is 3.06. The predicted molar refractivity (Wildman–Crippen MR) is 92.2 cm³/mol. The van der Waals surface area contributed by atoms with Crippen molar-refractivity contribution in [3.63, 3.8) is 0 Å². The molecule has 0 aliphatic carbocycles. The van der Waals surface area contributed by atoms with E-state index in [9.17, 15) is 4.79 Å². The van der Waals surface area contributed by atoms with Crippen molar-refractivity contribution in [2.45, 2.75) is 32.2 Å². The fraction of sp³-hybridized carbons (Fsp3) is 0.263. The van der Waals surface area contributed by atoms with Crippen LogP contribution in [0.1, 0.15) is 24.7 Å². The Labute approximate surface area is 136 Å². The molecule has 0 saturated carbocycles. The number of hydrogen-bond acceptors (Lipinski definition) is 2. The van der Waals surface area contributed by atoms with Gasteiger partial charge in [-0.2, -0.15) is 0 Å². The van der Waals surface area contributed by atoms with Crippen LogP contribution in [0.25, 0.3) is 10.8 Å². The van der Waals surface area contributed by atoms with Crippen LogP contribution in [0.4, 0.5) is 0 Å². The van der Waals surface area contributed by atoms with Gasteiger partial charge in [-0.3, -0.25) is 4.79 Å². The molecular weight excluding hydrogens is 286 g/mol. The van der Waals surface area contributed by atoms with Crippen LogP contribution >= 0.6 is 0 Å². The molecule has 23 heavy (non-hydrogen) atoms. The van der Waals surface area contributed by atoms with Crippen LogP contribution in [0.3, 0.4) is 0 Å². The third-order valence-electron chi connectivity index (χ3n) is 3.91. The van der Waals surface area contributed by atoms with Gasteiger partial charge in [-0.05, 0) is 29.7 Å². The highest BCUT2D eigenvalue weighted by atomic mass is 16.1. The number of nitrogens with one attached hydrogen (secondary N) is 2. The van der Waals surface area contributed by atoms with Gasteiger partial charge in [0.15, 0.2) is 0 Å². The molecule has 1 aromatic heterocycles. The van der Waals surface area contributed by atoms with E-state index in [0.717, 1.165) is 12.2 Å². The van der Waals surface area contributed by atoms with Crippen molar-refractivity contribution in [2.75, 3.05) is 0 Å². The first-order valence-electron chi connectivity index (χ1n) is 7.96. The van der Waals surface area contributed by atoms with Crippen LogP contribution in [0.2, 0.25) is 0 Å². The summed E-state index contributed by atoms with van der Waals surface area (Å²) in [6, 6.07) is 14.9. The minimum atomic E-state index is 0.0645. The first-order chi connectivity index (χ1) is 11.2. The van der Waals surface area contributed by atoms with Gasteiger partial charge in [-0.25, -0.2) is 4.98 Å². The van der Waals surface area contributed by atoms with Crippen molar-refractivity contribution in [1.82, 2.24) is 15.3 Å². The Morgan fingerprint density at radius 2 is 2.04 bits per heavy atom. The smallest absolute Gasteiger partial charge is 0.220 e. The molecule has 1 heterocycles. The Bertz CT molecular complexity index is 780. The van der Waals surface area contributed by atoms with Crippen LogP contribution in [0.15, 0.2) is 54.9 Å². The molecule has 1 unspecified atom stereocenters. The molecule has 118 valence electrons. The van der Waals surface area contributed by atoms with Gasteiger partial charge >= 0.3 is 0 Å². The third-order valence-corrected chi connectivity index (χ3v) is 3.91. The molecule has 0 aliphatic heterocycles. The number of nitrogens with zero attached hydrogens (tertiary/aromatic N) is 1. The van der Waals surface area contributed by atoms with E-state index < -0.39 is 0 Å². The van der Waals surface area contributed by atoms with Gasteiger partial charge in [-0.15, -0.1) is 0 Å². The highest BCUT2D eigenvalue weighted by molar-refractivity contribution is 5.83. The number of hydrogen-bond donors (Lipinski definition) is 2. The van der Waals surface area contributed by atoms with Crippen LogP contribution in [-0.2, 0) is 17.6 Å². The lowest BCUT2D eigenvalue weighted by Gasteiger charge is -2.14. The van der Waals surface area contributed by atoms with Crippen molar-refractivity contribution in [2.24, 2.45) is 0 Å². The normalized spacial score (nSPS) is 12.2. The van der Waals surface area contributed by atoms with E-state index in [1.807, 2.05) is 19.1 Å². The Morgan fingerprint density at radius 1 is 1.22 bits per heavy atom. The van der Waals surface area contributed by atoms with Crippen LogP contribution in [-0.4, -0.2) is 21.9 Å². The van der Waals surface area contributed by atoms with Crippen molar-refractivity contribution in [1.29, 1.82) is 0 Å². The van der Waals surface area contributed by atoms with Crippen LogP contribution in [0.5, 0.6) is 0 Å². The molecule has 3 rings (SSSR count). The fourth-order valence-electron chi connectivity index (χ4n) is 2.78. The number of benzene rings is 2. The maximum absolute atomic E-state index is 12.0. The summed E-state index contributed by atoms with van der Waals surface area (Å²) in [5.74, 6) is 0.914. The van der Waals surface area contributed by atoms with E-state index in [4.69, 9.17) is 0 Å². The molecule has 0 radical (unpaired) electrons. The molecule has 0 aliphatic rings. The lowest BCUT2D eigenvalue weighted by molar-refractivity contribution is -0.121. The summed E-state index contributed by atoms with van der Waals surface area (Å²) in [5, 5.41) is 5.54. The first-order valence-corrected chi connectivity index (χ1v) is 7.96. The lowest BCUT2D eigenvalue weighted by Crippen LogP contribution is -2.34. The molecule has 0 bridgehead atoms. The highest BCUT2D eigenvalue weighted by Crippen LogP contribution is 2.16. The summed E-state index contributed by atoms with van der Waals surface area (Å²) in [5.41, 5.74) is 1.24. The Morgan fingerprint density at radius 3 is 2.83 bits per heavy atom. The third kappa shape index (κ3) is 4.19. The second kappa shape index (κ2) is 7.09. The topological polar surface area (TPSA) is 57.8 Å². The molecule has 2 N–H and O–H groups in total. The molecule has 4 nitrogen and oxygen atoms in total. The Hall–Kier alpha value is -2.62. The number of carbonyl (C=O) groups is 1. The van der Waals surface area contributed by atoms with Gasteiger partial charge in [0.1, 0.15) is 5.82 Å². The zero-order valence-electron chi connectivity index (χ0n) is 13.3. The minimum absolute atomic E-state index is 0.0645. The van der Waals surface area contributed by atoms with Crippen molar-refractivity contribution >= 4 is 16.7 Å². The molecule has 1 amide bonds. The quantitative estimate of drug-likeness (QED) is 0.734. The van der Waals surface area contributed by atoms with E-state index >= 15 is 0 Å². The summed E-state index contributed by atoms with van der Waals surface area (Å²) in [6.07, 6.45) is 5.40. The van der Waals surface area contributed by atoms with Crippen molar-refractivity contribution in [3.8, 4) is 0 Å². The number of imidazole rings is 1. The molecule has 0 saturated heterocycles. The molecule has 4 heteroatoms. The first kappa shape index (κ1) is 15.3. The van der Waals surface area contributed by atoms with E-state index in [0.29, 0.717) is 12.8 Å². The maximum atomic E-state index is 12.0. The average molecular weight is 307 g/mol. The monoisotopic (exact) mass is 307 g/mol. The van der Waals surface area contributed by atoms with Gasteiger partial charge in [-0.1, -0.05) is 42.5 Å². The highest BCUT2D eigenvalue weighted by Gasteiger charge is 2.09. The van der Waals surface area contributed by atoms with Gasteiger partial charge in [0.2, 0.25) is 5.91 Å². The molecule has 0 fully saturated rings. The van der Waals surface area contributed by atoms with E-state index in [-0.39, 0.29) is 11.9 Å². The lowest BCUT2D eigenvalue weighted by atomic mass is 10.0. The number of aromatic nitrogens is 2. The Kier molecular flexibility index (Phi) is 4.71. The Balaban J connectivity index is 1.53. The number of amides is 1. The second-order valence-electron chi connectivity index (χ2n) is 5.89. The van der Waals surface area contributed by atoms with Gasteiger partial charge in [0.25, 0.3) is 0 Å². The number of fused-ring (bicyclic) bond motifs is 1. The summed E-state index contributed by atoms with van der Waals surface area (Å²) < 4.78 is 0. The van der Waals surface area contributed by atoms with E-state index in [1.165, 1.54) is 16.3 Å². The van der Waals surface area contributed by atoms with Crippen molar-refractivity contribution < 1.29 is 4.79 Å². The number of H-pyrrole nitrogens is 1. The predicted octanol–water partition coefficient (Wildman–Crippen LogP) is 3.24. The summed E-state index contributed by atoms with van der Waals surface area (Å²) in [4.78, 5) is 19.1. The van der Waals surface area contributed by atoms with Gasteiger partial charge in [0.05, 0.1) is 0 Å². The standard InChI is InChI=1S/C19H21N3O/c1-14(22-19(23)9-8-18-20-10-11-21-18)12-15-6-7-16-4-2-3-5-17(16)13-15/h2-7,10-11,13-14H,8-9,12H2,1H3,(H,20,21)(H,22,23). The van der Waals surface area contributed by atoms with Crippen LogP contribution in [0, 0.1) is 0 Å². The maximum Gasteiger partial charge on any atom is 0.220 e. The summed E-state index contributed by atoms with van der Waals surface area (Å²) >= 11 is 0. The van der Waals surface area contributed by atoms with E-state index in [1.54, 1.807) is 12.4 Å². The number of carbonyl (C=O) groups excluding carboxylic acids is 1. The summed E-state index contributed by atoms with van der Waals surface area (Å²) in [6.45, 7) is 2.04. The number of aromatic amines is 1. The number of aryl methyl sites for hydroxylation is 1. The minimum Gasteiger partial charge on any atom is -0.353 e. The second-order valence-corrected chi connectivity index (χ2v) is 5.89. The molecule has 3 aromatic rings. The fourth-order valence-corrected chi connectivity index (χ4v) is 2.78. The zero-order chi connectivity index (χ0) is 16.1. The van der Waals surface area contributed by atoms with Crippen LogP contribution < -0.4 is 5.32 Å². The van der Waals surface area contributed by atoms with Gasteiger partial charge in [0, 0.05) is 31.3 Å². The largest absolute Gasteiger partial charge is 0.353 e. The molecule has 0 spiro atoms. The van der Waals surface area contributed by atoms with Gasteiger partial charge < -0.3 is 10.3 Å². The zero-order valence-corrected chi connectivity index (χ0v) is 13.3. The molecular formula is C19H21N3O. The molecule has 2 aromatic carbocycles. The van der Waals surface area contributed by atoms with Crippen molar-refractivity contribution in [3.05, 3.63) is 66.2 Å².